The molecule has 7 heteroatoms. The lowest BCUT2D eigenvalue weighted by Gasteiger charge is -2.14. The van der Waals surface area contributed by atoms with Gasteiger partial charge in [-0.1, -0.05) is 17.7 Å². The van der Waals surface area contributed by atoms with Crippen LogP contribution in [0.15, 0.2) is 47.5 Å². The lowest BCUT2D eigenvalue weighted by molar-refractivity contribution is 0.0977. The third kappa shape index (κ3) is 5.31. The van der Waals surface area contributed by atoms with Gasteiger partial charge in [0.1, 0.15) is 5.75 Å². The number of anilines is 1. The first kappa shape index (κ1) is 22.1. The molecular weight excluding hydrogens is 390 g/mol. The fourth-order valence-electron chi connectivity index (χ4n) is 3.32. The molecule has 0 spiro atoms. The highest BCUT2D eigenvalue weighted by molar-refractivity contribution is 6.10. The number of carbonyl (C=O) groups is 1. The zero-order chi connectivity index (χ0) is 22.5. The molecule has 31 heavy (non-hydrogen) atoms. The second-order valence-corrected chi connectivity index (χ2v) is 7.56. The van der Waals surface area contributed by atoms with E-state index in [-0.39, 0.29) is 5.91 Å². The molecule has 3 aromatic rings. The van der Waals surface area contributed by atoms with E-state index in [1.165, 1.54) is 5.56 Å². The second-order valence-electron chi connectivity index (χ2n) is 7.56. The van der Waals surface area contributed by atoms with Crippen LogP contribution in [0.2, 0.25) is 0 Å². The quantitative estimate of drug-likeness (QED) is 0.483. The van der Waals surface area contributed by atoms with Crippen molar-refractivity contribution in [3.63, 3.8) is 0 Å². The van der Waals surface area contributed by atoms with E-state index in [0.29, 0.717) is 23.8 Å². The van der Waals surface area contributed by atoms with Crippen molar-refractivity contribution < 1.29 is 9.53 Å². The summed E-state index contributed by atoms with van der Waals surface area (Å²) in [6, 6.07) is 13.0. The minimum Gasteiger partial charge on any atom is -0.497 e. The lowest BCUT2D eigenvalue weighted by Crippen LogP contribution is -2.36. The van der Waals surface area contributed by atoms with Crippen LogP contribution < -0.4 is 15.4 Å². The van der Waals surface area contributed by atoms with Gasteiger partial charge in [0.05, 0.1) is 19.3 Å². The topological polar surface area (TPSA) is 80.5 Å². The average Bonchev–Trinajstić information content (AvgIpc) is 2.99. The van der Waals surface area contributed by atoms with Crippen molar-refractivity contribution in [1.82, 2.24) is 15.1 Å². The fourth-order valence-corrected chi connectivity index (χ4v) is 3.32. The van der Waals surface area contributed by atoms with Gasteiger partial charge in [0, 0.05) is 29.6 Å². The van der Waals surface area contributed by atoms with Gasteiger partial charge in [-0.2, -0.15) is 5.10 Å². The monoisotopic (exact) mass is 419 g/mol. The van der Waals surface area contributed by atoms with Crippen LogP contribution in [0.3, 0.4) is 0 Å². The van der Waals surface area contributed by atoms with E-state index in [0.717, 1.165) is 28.2 Å². The van der Waals surface area contributed by atoms with Crippen molar-refractivity contribution in [2.45, 2.75) is 34.2 Å². The number of hydrogen-bond acceptors (Lipinski definition) is 4. The summed E-state index contributed by atoms with van der Waals surface area (Å²) in [7, 11) is 3.51. The Morgan fingerprint density at radius 1 is 1.10 bits per heavy atom. The molecule has 0 aliphatic heterocycles. The number of nitrogens with one attached hydrogen (secondary N) is 2. The summed E-state index contributed by atoms with van der Waals surface area (Å²) in [5, 5.41) is 10.6. The van der Waals surface area contributed by atoms with Gasteiger partial charge in [-0.15, -0.1) is 0 Å². The van der Waals surface area contributed by atoms with E-state index >= 15 is 0 Å². The summed E-state index contributed by atoms with van der Waals surface area (Å²) in [5.74, 6) is 0.829. The van der Waals surface area contributed by atoms with Crippen molar-refractivity contribution in [3.8, 4) is 5.75 Å². The van der Waals surface area contributed by atoms with Crippen molar-refractivity contribution >= 4 is 17.6 Å². The zero-order valence-corrected chi connectivity index (χ0v) is 18.9. The van der Waals surface area contributed by atoms with Crippen molar-refractivity contribution in [2.75, 3.05) is 12.4 Å². The molecule has 3 rings (SSSR count). The minimum atomic E-state index is -0.252. The molecule has 2 N–H and O–H groups in total. The molecule has 1 amide bonds. The number of hydrogen-bond donors (Lipinski definition) is 2. The van der Waals surface area contributed by atoms with Gasteiger partial charge < -0.3 is 10.1 Å². The molecule has 0 atom stereocenters. The summed E-state index contributed by atoms with van der Waals surface area (Å²) < 4.78 is 7.01. The van der Waals surface area contributed by atoms with Crippen molar-refractivity contribution in [3.05, 3.63) is 76.1 Å². The lowest BCUT2D eigenvalue weighted by atomic mass is 10.1. The molecule has 7 nitrogen and oxygen atoms in total. The number of methoxy groups -OCH3 is 1. The number of rotatable bonds is 5. The first-order valence-corrected chi connectivity index (χ1v) is 10.1. The predicted molar refractivity (Wildman–Crippen MR) is 124 cm³/mol. The number of aromatic nitrogens is 2. The van der Waals surface area contributed by atoms with E-state index in [4.69, 9.17) is 4.74 Å². The van der Waals surface area contributed by atoms with Gasteiger partial charge in [0.25, 0.3) is 5.91 Å². The smallest absolute Gasteiger partial charge is 0.257 e. The van der Waals surface area contributed by atoms with Gasteiger partial charge in [-0.25, -0.2) is 4.99 Å². The van der Waals surface area contributed by atoms with Gasteiger partial charge in [-0.05, 0) is 63.6 Å². The highest BCUT2D eigenvalue weighted by atomic mass is 16.5. The second kappa shape index (κ2) is 9.47. The molecule has 1 heterocycles. The number of benzene rings is 2. The molecule has 0 aliphatic carbocycles. The number of guanidine groups is 1. The van der Waals surface area contributed by atoms with Crippen LogP contribution in [0, 0.1) is 27.7 Å². The van der Waals surface area contributed by atoms with Crippen LogP contribution in [0.5, 0.6) is 5.75 Å². The van der Waals surface area contributed by atoms with E-state index in [1.54, 1.807) is 31.4 Å². The molecule has 0 unspecified atom stereocenters. The van der Waals surface area contributed by atoms with E-state index < -0.39 is 0 Å². The molecule has 162 valence electrons. The van der Waals surface area contributed by atoms with E-state index in [1.807, 2.05) is 51.6 Å². The molecule has 0 saturated heterocycles. The summed E-state index contributed by atoms with van der Waals surface area (Å²) >= 11 is 0. The molecule has 1 aromatic heterocycles. The van der Waals surface area contributed by atoms with Crippen LogP contribution in [-0.4, -0.2) is 28.8 Å². The Labute approximate surface area is 183 Å². The Morgan fingerprint density at radius 2 is 1.81 bits per heavy atom. The van der Waals surface area contributed by atoms with E-state index in [2.05, 4.69) is 26.8 Å². The van der Waals surface area contributed by atoms with Crippen LogP contribution in [0.1, 0.15) is 38.4 Å². The van der Waals surface area contributed by atoms with Gasteiger partial charge in [-0.3, -0.25) is 14.8 Å². The average molecular weight is 420 g/mol. The fraction of sp³-hybridized carbons (Fsp3) is 0.292. The summed E-state index contributed by atoms with van der Waals surface area (Å²) in [4.78, 5) is 17.5. The zero-order valence-electron chi connectivity index (χ0n) is 18.9. The molecule has 0 aliphatic rings. The number of ether oxygens (including phenoxy) is 1. The number of carbonyl (C=O) groups excluding carboxylic acids is 1. The maximum Gasteiger partial charge on any atom is 0.257 e. The Balaban J connectivity index is 1.87. The van der Waals surface area contributed by atoms with Crippen LogP contribution in [0.25, 0.3) is 0 Å². The maximum atomic E-state index is 12.8. The normalized spacial score (nSPS) is 11.4. The molecule has 0 saturated carbocycles. The Hall–Kier alpha value is -3.61. The van der Waals surface area contributed by atoms with Gasteiger partial charge in [0.15, 0.2) is 0 Å². The first-order valence-electron chi connectivity index (χ1n) is 10.1. The van der Waals surface area contributed by atoms with Crippen molar-refractivity contribution in [2.24, 2.45) is 12.0 Å². The third-order valence-electron chi connectivity index (χ3n) is 5.27. The van der Waals surface area contributed by atoms with Crippen LogP contribution >= 0.6 is 0 Å². The Kier molecular flexibility index (Phi) is 6.74. The molecule has 2 aromatic carbocycles. The predicted octanol–water partition coefficient (Wildman–Crippen LogP) is 4.06. The molecule has 0 radical (unpaired) electrons. The number of amides is 1. The third-order valence-corrected chi connectivity index (χ3v) is 5.27. The molecule has 0 fully saturated rings. The molecular formula is C24H29N5O2. The standard InChI is InChI=1S/C24H29N5O2/c1-15-7-12-22(16(2)13-15)26-24(25-14-21-17(3)28-29(5)18(21)4)27-23(30)19-8-10-20(31-6)11-9-19/h7-13H,14H2,1-6H3,(H2,25,26,27,30). The highest BCUT2D eigenvalue weighted by Gasteiger charge is 2.13. The summed E-state index contributed by atoms with van der Waals surface area (Å²) in [5.41, 5.74) is 6.67. The van der Waals surface area contributed by atoms with Gasteiger partial charge >= 0.3 is 0 Å². The highest BCUT2D eigenvalue weighted by Crippen LogP contribution is 2.17. The number of aryl methyl sites for hydroxylation is 4. The summed E-state index contributed by atoms with van der Waals surface area (Å²) in [6.07, 6.45) is 0. The minimum absolute atomic E-state index is 0.252. The number of nitrogens with zero attached hydrogens (tertiary/aromatic N) is 3. The maximum absolute atomic E-state index is 12.8. The first-order chi connectivity index (χ1) is 14.8. The number of aliphatic imine (C=N–C) groups is 1. The van der Waals surface area contributed by atoms with Crippen LogP contribution in [-0.2, 0) is 13.6 Å². The molecule has 0 bridgehead atoms. The van der Waals surface area contributed by atoms with Crippen molar-refractivity contribution in [1.29, 1.82) is 0 Å². The Bertz CT molecular complexity index is 1110. The summed E-state index contributed by atoms with van der Waals surface area (Å²) in [6.45, 7) is 8.45. The van der Waals surface area contributed by atoms with E-state index in [9.17, 15) is 4.79 Å². The Morgan fingerprint density at radius 3 is 2.39 bits per heavy atom. The largest absolute Gasteiger partial charge is 0.497 e. The SMILES string of the molecule is COc1ccc(C(=O)NC(=NCc2c(C)nn(C)c2C)Nc2ccc(C)cc2C)cc1. The van der Waals surface area contributed by atoms with Gasteiger partial charge in [0.2, 0.25) is 5.96 Å². The van der Waals surface area contributed by atoms with Crippen LogP contribution in [0.4, 0.5) is 5.69 Å².